The second-order valence-electron chi connectivity index (χ2n) is 4.48. The van der Waals surface area contributed by atoms with Gasteiger partial charge in [0.05, 0.1) is 6.61 Å². The Hall–Kier alpha value is -1.83. The summed E-state index contributed by atoms with van der Waals surface area (Å²) in [5.41, 5.74) is 0. The molecule has 3 amide bonds. The molecule has 0 saturated heterocycles. The van der Waals surface area contributed by atoms with E-state index in [1.807, 2.05) is 0 Å². The van der Waals surface area contributed by atoms with E-state index in [0.29, 0.717) is 19.6 Å². The summed E-state index contributed by atoms with van der Waals surface area (Å²) in [6.07, 6.45) is 0.331. The van der Waals surface area contributed by atoms with Crippen molar-refractivity contribution in [1.82, 2.24) is 15.5 Å². The first-order valence-corrected chi connectivity index (χ1v) is 6.35. The third kappa shape index (κ3) is 9.15. The van der Waals surface area contributed by atoms with E-state index in [-0.39, 0.29) is 24.9 Å². The summed E-state index contributed by atoms with van der Waals surface area (Å²) in [6.45, 7) is 2.45. The molecule has 0 heterocycles. The van der Waals surface area contributed by atoms with Gasteiger partial charge in [0.2, 0.25) is 5.91 Å². The monoisotopic (exact) mass is 289 g/mol. The zero-order valence-corrected chi connectivity index (χ0v) is 12.1. The number of aliphatic carboxylic acids is 1. The Morgan fingerprint density at radius 3 is 2.55 bits per heavy atom. The first-order valence-electron chi connectivity index (χ1n) is 6.35. The summed E-state index contributed by atoms with van der Waals surface area (Å²) in [5, 5.41) is 13.8. The minimum Gasteiger partial charge on any atom is -0.481 e. The number of carboxylic acid groups (broad SMARTS) is 1. The number of likely N-dealkylation sites (N-methyl/N-ethyl adjacent to an activating group) is 1. The van der Waals surface area contributed by atoms with Crippen molar-refractivity contribution in [2.45, 2.75) is 25.8 Å². The van der Waals surface area contributed by atoms with E-state index in [1.165, 1.54) is 19.1 Å². The fourth-order valence-corrected chi connectivity index (χ4v) is 1.37. The average Bonchev–Trinajstić information content (AvgIpc) is 2.36. The summed E-state index contributed by atoms with van der Waals surface area (Å²) in [4.78, 5) is 34.8. The van der Waals surface area contributed by atoms with E-state index < -0.39 is 12.0 Å². The van der Waals surface area contributed by atoms with E-state index in [9.17, 15) is 14.4 Å². The van der Waals surface area contributed by atoms with E-state index in [2.05, 4.69) is 10.6 Å². The van der Waals surface area contributed by atoms with Crippen molar-refractivity contribution in [3.8, 4) is 0 Å². The molecule has 0 spiro atoms. The number of hydrogen-bond donors (Lipinski definition) is 3. The molecule has 8 nitrogen and oxygen atoms in total. The SMILES string of the molecule is COCCNC(=O)CN(C)C(=O)NC(C)CCC(=O)O. The normalized spacial score (nSPS) is 11.6. The molecule has 0 bridgehead atoms. The van der Waals surface area contributed by atoms with Crippen LogP contribution in [0.15, 0.2) is 0 Å². The maximum atomic E-state index is 11.7. The van der Waals surface area contributed by atoms with Gasteiger partial charge in [-0.3, -0.25) is 9.59 Å². The molecule has 8 heteroatoms. The largest absolute Gasteiger partial charge is 0.481 e. The van der Waals surface area contributed by atoms with Crippen molar-refractivity contribution in [3.63, 3.8) is 0 Å². The Morgan fingerprint density at radius 2 is 2.00 bits per heavy atom. The predicted molar refractivity (Wildman–Crippen MR) is 72.4 cm³/mol. The Kier molecular flexibility index (Phi) is 9.10. The van der Waals surface area contributed by atoms with Gasteiger partial charge in [-0.05, 0) is 13.3 Å². The average molecular weight is 289 g/mol. The molecule has 0 aromatic rings. The lowest BCUT2D eigenvalue weighted by Crippen LogP contribution is -2.46. The van der Waals surface area contributed by atoms with E-state index in [4.69, 9.17) is 9.84 Å². The van der Waals surface area contributed by atoms with Crippen LogP contribution in [0.5, 0.6) is 0 Å². The first-order chi connectivity index (χ1) is 9.36. The number of nitrogens with one attached hydrogen (secondary N) is 2. The standard InChI is InChI=1S/C12H23N3O5/c1-9(4-5-11(17)18)14-12(19)15(2)8-10(16)13-6-7-20-3/h9H,4-8H2,1-3H3,(H,13,16)(H,14,19)(H,17,18). The van der Waals surface area contributed by atoms with Gasteiger partial charge in [-0.1, -0.05) is 0 Å². The molecule has 0 aliphatic heterocycles. The van der Waals surface area contributed by atoms with Crippen LogP contribution in [0.3, 0.4) is 0 Å². The van der Waals surface area contributed by atoms with E-state index in [1.54, 1.807) is 6.92 Å². The van der Waals surface area contributed by atoms with Gasteiger partial charge in [0.25, 0.3) is 0 Å². The molecule has 0 radical (unpaired) electrons. The molecule has 0 rings (SSSR count). The van der Waals surface area contributed by atoms with Gasteiger partial charge in [0.15, 0.2) is 0 Å². The molecule has 0 fully saturated rings. The van der Waals surface area contributed by atoms with Crippen molar-refractivity contribution >= 4 is 17.9 Å². The zero-order chi connectivity index (χ0) is 15.5. The maximum Gasteiger partial charge on any atom is 0.317 e. The number of amides is 3. The summed E-state index contributed by atoms with van der Waals surface area (Å²) in [5.74, 6) is -1.19. The second kappa shape index (κ2) is 10.0. The molecular weight excluding hydrogens is 266 g/mol. The highest BCUT2D eigenvalue weighted by Crippen LogP contribution is 1.97. The van der Waals surface area contributed by atoms with Crippen molar-refractivity contribution in [2.75, 3.05) is 33.9 Å². The van der Waals surface area contributed by atoms with Gasteiger partial charge in [-0.15, -0.1) is 0 Å². The quantitative estimate of drug-likeness (QED) is 0.503. The molecular formula is C12H23N3O5. The van der Waals surface area contributed by atoms with Gasteiger partial charge < -0.3 is 25.4 Å². The summed E-state index contributed by atoms with van der Waals surface area (Å²) < 4.78 is 4.79. The number of ether oxygens (including phenoxy) is 1. The van der Waals surface area contributed by atoms with Crippen LogP contribution < -0.4 is 10.6 Å². The lowest BCUT2D eigenvalue weighted by atomic mass is 10.2. The third-order valence-corrected chi connectivity index (χ3v) is 2.52. The first kappa shape index (κ1) is 18.2. The predicted octanol–water partition coefficient (Wildman–Crippen LogP) is -0.356. The van der Waals surface area contributed by atoms with Crippen molar-refractivity contribution in [3.05, 3.63) is 0 Å². The van der Waals surface area contributed by atoms with Crippen LogP contribution in [0.2, 0.25) is 0 Å². The van der Waals surface area contributed by atoms with Crippen LogP contribution in [0.1, 0.15) is 19.8 Å². The summed E-state index contributed by atoms with van der Waals surface area (Å²) in [6, 6.07) is -0.678. The number of methoxy groups -OCH3 is 1. The van der Waals surface area contributed by atoms with Gasteiger partial charge in [0, 0.05) is 33.2 Å². The van der Waals surface area contributed by atoms with Crippen LogP contribution >= 0.6 is 0 Å². The molecule has 0 aliphatic carbocycles. The Labute approximate surface area is 118 Å². The van der Waals surface area contributed by atoms with Gasteiger partial charge in [0.1, 0.15) is 6.54 Å². The molecule has 0 saturated carbocycles. The van der Waals surface area contributed by atoms with Crippen LogP contribution in [0.25, 0.3) is 0 Å². The smallest absolute Gasteiger partial charge is 0.317 e. The molecule has 20 heavy (non-hydrogen) atoms. The van der Waals surface area contributed by atoms with Gasteiger partial charge in [-0.25, -0.2) is 4.79 Å². The fraction of sp³-hybridized carbons (Fsp3) is 0.750. The zero-order valence-electron chi connectivity index (χ0n) is 12.1. The number of rotatable bonds is 9. The molecule has 0 aromatic carbocycles. The number of carboxylic acids is 1. The minimum absolute atomic E-state index is 0.0112. The van der Waals surface area contributed by atoms with Crippen LogP contribution in [0, 0.1) is 0 Å². The third-order valence-electron chi connectivity index (χ3n) is 2.52. The molecule has 0 aliphatic rings. The number of carbonyl (C=O) groups excluding carboxylic acids is 2. The lowest BCUT2D eigenvalue weighted by molar-refractivity contribution is -0.137. The Balaban J connectivity index is 3.95. The lowest BCUT2D eigenvalue weighted by Gasteiger charge is -2.20. The van der Waals surface area contributed by atoms with Gasteiger partial charge >= 0.3 is 12.0 Å². The van der Waals surface area contributed by atoms with Crippen molar-refractivity contribution < 1.29 is 24.2 Å². The van der Waals surface area contributed by atoms with Crippen LogP contribution in [0.4, 0.5) is 4.79 Å². The minimum atomic E-state index is -0.906. The van der Waals surface area contributed by atoms with E-state index in [0.717, 1.165) is 0 Å². The molecule has 0 aromatic heterocycles. The highest BCUT2D eigenvalue weighted by atomic mass is 16.5. The molecule has 3 N–H and O–H groups in total. The molecule has 1 atom stereocenters. The molecule has 1 unspecified atom stereocenters. The Morgan fingerprint density at radius 1 is 1.35 bits per heavy atom. The summed E-state index contributed by atoms with van der Waals surface area (Å²) in [7, 11) is 3.03. The maximum absolute atomic E-state index is 11.7. The number of carbonyl (C=O) groups is 3. The summed E-state index contributed by atoms with van der Waals surface area (Å²) >= 11 is 0. The molecule has 116 valence electrons. The van der Waals surface area contributed by atoms with E-state index >= 15 is 0 Å². The van der Waals surface area contributed by atoms with Crippen LogP contribution in [-0.4, -0.2) is 67.8 Å². The highest BCUT2D eigenvalue weighted by molar-refractivity contribution is 5.83. The number of nitrogens with zero attached hydrogens (tertiary/aromatic N) is 1. The Bertz CT molecular complexity index is 335. The topological polar surface area (TPSA) is 108 Å². The number of urea groups is 1. The number of hydrogen-bond acceptors (Lipinski definition) is 4. The van der Waals surface area contributed by atoms with Crippen LogP contribution in [-0.2, 0) is 14.3 Å². The fourth-order valence-electron chi connectivity index (χ4n) is 1.37. The van der Waals surface area contributed by atoms with Crippen molar-refractivity contribution in [2.24, 2.45) is 0 Å². The van der Waals surface area contributed by atoms with Gasteiger partial charge in [-0.2, -0.15) is 0 Å². The second-order valence-corrected chi connectivity index (χ2v) is 4.48. The highest BCUT2D eigenvalue weighted by Gasteiger charge is 2.15. The van der Waals surface area contributed by atoms with Crippen molar-refractivity contribution in [1.29, 1.82) is 0 Å².